The van der Waals surface area contributed by atoms with Crippen LogP contribution in [0, 0.1) is 0 Å². The monoisotopic (exact) mass is 223 g/mol. The SMILES string of the molecule is CC(CO)N(C)C(=O)/C=C/c1ccnn1C. The van der Waals surface area contributed by atoms with E-state index in [0.29, 0.717) is 0 Å². The molecule has 5 nitrogen and oxygen atoms in total. The summed E-state index contributed by atoms with van der Waals surface area (Å²) >= 11 is 0. The van der Waals surface area contributed by atoms with Crippen molar-refractivity contribution in [2.45, 2.75) is 13.0 Å². The number of amides is 1. The number of aliphatic hydroxyl groups is 1. The van der Waals surface area contributed by atoms with E-state index < -0.39 is 0 Å². The van der Waals surface area contributed by atoms with Crippen LogP contribution in [0.2, 0.25) is 0 Å². The summed E-state index contributed by atoms with van der Waals surface area (Å²) in [6.45, 7) is 1.75. The van der Waals surface area contributed by atoms with Crippen LogP contribution in [-0.2, 0) is 11.8 Å². The second kappa shape index (κ2) is 5.46. The van der Waals surface area contributed by atoms with Crippen LogP contribution in [0.5, 0.6) is 0 Å². The molecule has 1 aromatic rings. The fraction of sp³-hybridized carbons (Fsp3) is 0.455. The molecule has 0 aromatic carbocycles. The zero-order valence-electron chi connectivity index (χ0n) is 9.79. The van der Waals surface area contributed by atoms with Crippen molar-refractivity contribution >= 4 is 12.0 Å². The highest BCUT2D eigenvalue weighted by Gasteiger charge is 2.11. The molecular weight excluding hydrogens is 206 g/mol. The molecule has 5 heteroatoms. The minimum Gasteiger partial charge on any atom is -0.394 e. The zero-order valence-corrected chi connectivity index (χ0v) is 9.79. The van der Waals surface area contributed by atoms with Crippen molar-refractivity contribution < 1.29 is 9.90 Å². The van der Waals surface area contributed by atoms with Gasteiger partial charge in [-0.3, -0.25) is 9.48 Å². The molecule has 1 unspecified atom stereocenters. The van der Waals surface area contributed by atoms with Crippen LogP contribution in [0.15, 0.2) is 18.3 Å². The smallest absolute Gasteiger partial charge is 0.246 e. The minimum absolute atomic E-state index is 0.0399. The van der Waals surface area contributed by atoms with Crippen LogP contribution in [0.25, 0.3) is 6.08 Å². The summed E-state index contributed by atoms with van der Waals surface area (Å²) in [7, 11) is 3.47. The molecule has 0 fully saturated rings. The number of carbonyl (C=O) groups excluding carboxylic acids is 1. The fourth-order valence-electron chi connectivity index (χ4n) is 1.16. The first-order valence-corrected chi connectivity index (χ1v) is 5.10. The van der Waals surface area contributed by atoms with Gasteiger partial charge in [-0.15, -0.1) is 0 Å². The minimum atomic E-state index is -0.177. The zero-order chi connectivity index (χ0) is 12.1. The molecule has 0 radical (unpaired) electrons. The highest BCUT2D eigenvalue weighted by molar-refractivity contribution is 5.91. The van der Waals surface area contributed by atoms with Gasteiger partial charge in [0.05, 0.1) is 18.3 Å². The van der Waals surface area contributed by atoms with E-state index in [1.165, 1.54) is 11.0 Å². The van der Waals surface area contributed by atoms with E-state index in [2.05, 4.69) is 5.10 Å². The van der Waals surface area contributed by atoms with Gasteiger partial charge in [0.2, 0.25) is 5.91 Å². The maximum atomic E-state index is 11.6. The van der Waals surface area contributed by atoms with E-state index in [4.69, 9.17) is 5.11 Å². The lowest BCUT2D eigenvalue weighted by Crippen LogP contribution is -2.36. The van der Waals surface area contributed by atoms with Crippen molar-refractivity contribution in [1.29, 1.82) is 0 Å². The van der Waals surface area contributed by atoms with Crippen LogP contribution in [-0.4, -0.2) is 45.4 Å². The molecule has 1 heterocycles. The van der Waals surface area contributed by atoms with Crippen LogP contribution in [0.3, 0.4) is 0 Å². The lowest BCUT2D eigenvalue weighted by molar-refractivity contribution is -0.127. The van der Waals surface area contributed by atoms with Crippen LogP contribution in [0.4, 0.5) is 0 Å². The van der Waals surface area contributed by atoms with E-state index in [1.54, 1.807) is 30.9 Å². The van der Waals surface area contributed by atoms with Gasteiger partial charge in [0, 0.05) is 26.4 Å². The maximum Gasteiger partial charge on any atom is 0.246 e. The Bertz CT molecular complexity index is 384. The van der Waals surface area contributed by atoms with Crippen molar-refractivity contribution in [2.75, 3.05) is 13.7 Å². The standard InChI is InChI=1S/C11H17N3O2/c1-9(8-15)13(2)11(16)5-4-10-6-7-12-14(10)3/h4-7,9,15H,8H2,1-3H3/b5-4+. The quantitative estimate of drug-likeness (QED) is 0.745. The number of aliphatic hydroxyl groups excluding tert-OH is 1. The van der Waals surface area contributed by atoms with Crippen molar-refractivity contribution in [3.63, 3.8) is 0 Å². The number of aromatic nitrogens is 2. The van der Waals surface area contributed by atoms with E-state index in [0.717, 1.165) is 5.69 Å². The molecule has 0 aliphatic heterocycles. The van der Waals surface area contributed by atoms with Gasteiger partial charge in [-0.25, -0.2) is 0 Å². The molecule has 0 aliphatic carbocycles. The Morgan fingerprint density at radius 2 is 2.44 bits per heavy atom. The van der Waals surface area contributed by atoms with Crippen LogP contribution >= 0.6 is 0 Å². The molecule has 16 heavy (non-hydrogen) atoms. The van der Waals surface area contributed by atoms with Crippen molar-refractivity contribution in [3.05, 3.63) is 24.0 Å². The molecule has 0 saturated heterocycles. The molecule has 1 rings (SSSR count). The lowest BCUT2D eigenvalue weighted by atomic mass is 10.3. The van der Waals surface area contributed by atoms with Gasteiger partial charge in [-0.1, -0.05) is 0 Å². The maximum absolute atomic E-state index is 11.6. The van der Waals surface area contributed by atoms with Gasteiger partial charge in [0.15, 0.2) is 0 Å². The topological polar surface area (TPSA) is 58.4 Å². The molecule has 1 amide bonds. The van der Waals surface area contributed by atoms with Crippen LogP contribution in [0.1, 0.15) is 12.6 Å². The third kappa shape index (κ3) is 2.93. The number of nitrogens with zero attached hydrogens (tertiary/aromatic N) is 3. The van der Waals surface area contributed by atoms with Gasteiger partial charge in [-0.2, -0.15) is 5.10 Å². The average molecular weight is 223 g/mol. The van der Waals surface area contributed by atoms with Gasteiger partial charge in [-0.05, 0) is 19.1 Å². The lowest BCUT2D eigenvalue weighted by Gasteiger charge is -2.21. The number of hydrogen-bond acceptors (Lipinski definition) is 3. The molecule has 1 aromatic heterocycles. The third-order valence-corrected chi connectivity index (χ3v) is 2.53. The summed E-state index contributed by atoms with van der Waals surface area (Å²) in [5.41, 5.74) is 0.860. The normalized spacial score (nSPS) is 13.0. The Hall–Kier alpha value is -1.62. The van der Waals surface area contributed by atoms with Gasteiger partial charge in [0.25, 0.3) is 0 Å². The molecule has 0 spiro atoms. The number of rotatable bonds is 4. The summed E-state index contributed by atoms with van der Waals surface area (Å²) in [6, 6.07) is 1.64. The van der Waals surface area contributed by atoms with E-state index >= 15 is 0 Å². The first-order valence-electron chi connectivity index (χ1n) is 5.10. The largest absolute Gasteiger partial charge is 0.394 e. The Kier molecular flexibility index (Phi) is 4.25. The average Bonchev–Trinajstić information content (AvgIpc) is 2.69. The summed E-state index contributed by atoms with van der Waals surface area (Å²) in [5.74, 6) is -0.136. The van der Waals surface area contributed by atoms with Crippen molar-refractivity contribution in [1.82, 2.24) is 14.7 Å². The Morgan fingerprint density at radius 3 is 2.94 bits per heavy atom. The van der Waals surface area contributed by atoms with Crippen molar-refractivity contribution in [3.8, 4) is 0 Å². The molecular formula is C11H17N3O2. The predicted molar refractivity (Wildman–Crippen MR) is 61.6 cm³/mol. The van der Waals surface area contributed by atoms with E-state index in [-0.39, 0.29) is 18.6 Å². The molecule has 0 aliphatic rings. The Labute approximate surface area is 95.0 Å². The van der Waals surface area contributed by atoms with Gasteiger partial charge in [0.1, 0.15) is 0 Å². The van der Waals surface area contributed by atoms with Crippen LogP contribution < -0.4 is 0 Å². The Morgan fingerprint density at radius 1 is 1.75 bits per heavy atom. The molecule has 1 atom stereocenters. The van der Waals surface area contributed by atoms with Gasteiger partial charge < -0.3 is 10.0 Å². The highest BCUT2D eigenvalue weighted by Crippen LogP contribution is 2.01. The molecule has 0 bridgehead atoms. The van der Waals surface area contributed by atoms with E-state index in [1.807, 2.05) is 13.1 Å². The molecule has 1 N–H and O–H groups in total. The Balaban J connectivity index is 2.64. The second-order valence-electron chi connectivity index (χ2n) is 3.69. The van der Waals surface area contributed by atoms with Gasteiger partial charge >= 0.3 is 0 Å². The number of carbonyl (C=O) groups is 1. The van der Waals surface area contributed by atoms with E-state index in [9.17, 15) is 4.79 Å². The predicted octanol–water partition coefficient (Wildman–Crippen LogP) is 0.272. The molecule has 88 valence electrons. The number of likely N-dealkylation sites (N-methyl/N-ethyl adjacent to an activating group) is 1. The van der Waals surface area contributed by atoms with Crippen molar-refractivity contribution in [2.24, 2.45) is 7.05 Å². The number of hydrogen-bond donors (Lipinski definition) is 1. The fourth-order valence-corrected chi connectivity index (χ4v) is 1.16. The summed E-state index contributed by atoms with van der Waals surface area (Å²) in [5, 5.41) is 12.9. The third-order valence-electron chi connectivity index (χ3n) is 2.53. The summed E-state index contributed by atoms with van der Waals surface area (Å²) < 4.78 is 1.68. The number of aryl methyl sites for hydroxylation is 1. The first-order chi connectivity index (χ1) is 7.56. The first kappa shape index (κ1) is 12.4. The summed E-state index contributed by atoms with van der Waals surface area (Å²) in [4.78, 5) is 13.1. The molecule has 0 saturated carbocycles. The highest BCUT2D eigenvalue weighted by atomic mass is 16.3. The summed E-state index contributed by atoms with van der Waals surface area (Å²) in [6.07, 6.45) is 4.85. The second-order valence-corrected chi connectivity index (χ2v) is 3.69.